The first-order valence-corrected chi connectivity index (χ1v) is 11.4. The quantitative estimate of drug-likeness (QED) is 0.302. The standard InChI is InChI=1S/C28H23N5O3/c1-18(34)24-9-10-25(26(27(24)35)22-11-13-29-14-12-22)36-17-20-7-5-19(6-8-20)15-21-3-2-4-23(16-21)28-30-32-33-31-28/h2-14,16,35H,15,17H2,1H3,(H,30,31,32,33). The molecule has 0 saturated heterocycles. The summed E-state index contributed by atoms with van der Waals surface area (Å²) in [6, 6.07) is 23.1. The van der Waals surface area contributed by atoms with Gasteiger partial charge in [0.25, 0.3) is 0 Å². The van der Waals surface area contributed by atoms with Gasteiger partial charge < -0.3 is 9.84 Å². The van der Waals surface area contributed by atoms with E-state index in [-0.39, 0.29) is 17.1 Å². The average molecular weight is 478 g/mol. The Morgan fingerprint density at radius 1 is 0.917 bits per heavy atom. The summed E-state index contributed by atoms with van der Waals surface area (Å²) >= 11 is 0. The maximum Gasteiger partial charge on any atom is 0.204 e. The highest BCUT2D eigenvalue weighted by Gasteiger charge is 2.18. The number of aromatic nitrogens is 5. The molecule has 0 aliphatic heterocycles. The number of phenolic OH excluding ortho intramolecular Hbond substituents is 1. The molecule has 2 N–H and O–H groups in total. The number of nitrogens with one attached hydrogen (secondary N) is 1. The van der Waals surface area contributed by atoms with Crippen molar-refractivity contribution in [3.05, 3.63) is 107 Å². The number of hydrogen-bond acceptors (Lipinski definition) is 7. The topological polar surface area (TPSA) is 114 Å². The molecule has 0 saturated carbocycles. The van der Waals surface area contributed by atoms with Crippen molar-refractivity contribution in [1.29, 1.82) is 0 Å². The zero-order valence-electron chi connectivity index (χ0n) is 19.5. The summed E-state index contributed by atoms with van der Waals surface area (Å²) in [5.74, 6) is 0.751. The third-order valence-electron chi connectivity index (χ3n) is 5.84. The molecule has 3 aromatic carbocycles. The Morgan fingerprint density at radius 2 is 1.69 bits per heavy atom. The number of aromatic hydroxyl groups is 1. The lowest BCUT2D eigenvalue weighted by Crippen LogP contribution is -2.01. The summed E-state index contributed by atoms with van der Waals surface area (Å²) < 4.78 is 6.09. The van der Waals surface area contributed by atoms with Gasteiger partial charge in [0.1, 0.15) is 18.1 Å². The van der Waals surface area contributed by atoms with Gasteiger partial charge in [-0.2, -0.15) is 5.21 Å². The molecule has 5 rings (SSSR count). The summed E-state index contributed by atoms with van der Waals surface area (Å²) in [7, 11) is 0. The van der Waals surface area contributed by atoms with Crippen LogP contribution in [0.5, 0.6) is 11.5 Å². The highest BCUT2D eigenvalue weighted by molar-refractivity contribution is 6.00. The highest BCUT2D eigenvalue weighted by atomic mass is 16.5. The fourth-order valence-electron chi connectivity index (χ4n) is 4.03. The molecule has 36 heavy (non-hydrogen) atoms. The van der Waals surface area contributed by atoms with Crippen LogP contribution in [0.1, 0.15) is 34.0 Å². The van der Waals surface area contributed by atoms with Gasteiger partial charge in [0, 0.05) is 18.0 Å². The van der Waals surface area contributed by atoms with Crippen LogP contribution in [0, 0.1) is 0 Å². The molecular formula is C28H23N5O3. The largest absolute Gasteiger partial charge is 0.506 e. The first kappa shape index (κ1) is 22.9. The van der Waals surface area contributed by atoms with Crippen LogP contribution in [-0.4, -0.2) is 36.5 Å². The second-order valence-corrected chi connectivity index (χ2v) is 8.34. The summed E-state index contributed by atoms with van der Waals surface area (Å²) in [5, 5.41) is 25.0. The number of carbonyl (C=O) groups excluding carboxylic acids is 1. The molecule has 8 nitrogen and oxygen atoms in total. The zero-order chi connectivity index (χ0) is 24.9. The van der Waals surface area contributed by atoms with E-state index in [1.165, 1.54) is 6.92 Å². The fraction of sp³-hybridized carbons (Fsp3) is 0.107. The van der Waals surface area contributed by atoms with Gasteiger partial charge >= 0.3 is 0 Å². The molecule has 2 aromatic heterocycles. The number of pyridine rings is 1. The molecule has 0 fully saturated rings. The van der Waals surface area contributed by atoms with E-state index in [0.717, 1.165) is 34.2 Å². The Hall–Kier alpha value is -4.85. The van der Waals surface area contributed by atoms with Crippen LogP contribution in [0.4, 0.5) is 0 Å². The first-order valence-electron chi connectivity index (χ1n) is 11.4. The van der Waals surface area contributed by atoms with Gasteiger partial charge in [-0.1, -0.05) is 42.5 Å². The minimum Gasteiger partial charge on any atom is -0.506 e. The van der Waals surface area contributed by atoms with Crippen LogP contribution in [0.2, 0.25) is 0 Å². The molecule has 5 aromatic rings. The van der Waals surface area contributed by atoms with E-state index in [0.29, 0.717) is 23.7 Å². The molecule has 0 spiro atoms. The van der Waals surface area contributed by atoms with Gasteiger partial charge in [-0.05, 0) is 71.1 Å². The van der Waals surface area contributed by atoms with Crippen LogP contribution >= 0.6 is 0 Å². The van der Waals surface area contributed by atoms with Gasteiger partial charge in [-0.25, -0.2) is 0 Å². The Labute approximate surface area is 207 Å². The number of H-pyrrole nitrogens is 1. The molecule has 0 atom stereocenters. The SMILES string of the molecule is CC(=O)c1ccc(OCc2ccc(Cc3cccc(-c4nn[nH]n4)c3)cc2)c(-c2ccncc2)c1O. The molecule has 0 aliphatic carbocycles. The lowest BCUT2D eigenvalue weighted by atomic mass is 9.99. The van der Waals surface area contributed by atoms with E-state index in [4.69, 9.17) is 4.74 Å². The van der Waals surface area contributed by atoms with Crippen molar-refractivity contribution in [1.82, 2.24) is 25.6 Å². The molecule has 8 heteroatoms. The first-order chi connectivity index (χ1) is 17.6. The molecule has 0 unspecified atom stereocenters. The smallest absolute Gasteiger partial charge is 0.204 e. The number of rotatable bonds is 8. The number of ketones is 1. The Balaban J connectivity index is 1.31. The fourth-order valence-corrected chi connectivity index (χ4v) is 4.03. The third-order valence-corrected chi connectivity index (χ3v) is 5.84. The number of benzene rings is 3. The average Bonchev–Trinajstić information content (AvgIpc) is 3.44. The van der Waals surface area contributed by atoms with Crippen molar-refractivity contribution >= 4 is 5.78 Å². The van der Waals surface area contributed by atoms with Crippen molar-refractivity contribution < 1.29 is 14.6 Å². The zero-order valence-corrected chi connectivity index (χ0v) is 19.5. The summed E-state index contributed by atoms with van der Waals surface area (Å²) in [5.41, 5.74) is 5.64. The molecule has 0 radical (unpaired) electrons. The van der Waals surface area contributed by atoms with Crippen molar-refractivity contribution in [3.63, 3.8) is 0 Å². The number of hydrogen-bond donors (Lipinski definition) is 2. The molecule has 0 bridgehead atoms. The van der Waals surface area contributed by atoms with E-state index in [1.54, 1.807) is 36.7 Å². The Kier molecular flexibility index (Phi) is 6.48. The maximum atomic E-state index is 12.0. The second kappa shape index (κ2) is 10.2. The van der Waals surface area contributed by atoms with Gasteiger partial charge in [-0.15, -0.1) is 10.2 Å². The van der Waals surface area contributed by atoms with Crippen LogP contribution in [0.25, 0.3) is 22.5 Å². The van der Waals surface area contributed by atoms with Crippen LogP contribution in [0.3, 0.4) is 0 Å². The summed E-state index contributed by atoms with van der Waals surface area (Å²) in [4.78, 5) is 16.0. The summed E-state index contributed by atoms with van der Waals surface area (Å²) in [6.45, 7) is 1.74. The third kappa shape index (κ3) is 4.97. The van der Waals surface area contributed by atoms with E-state index < -0.39 is 0 Å². The predicted molar refractivity (Wildman–Crippen MR) is 135 cm³/mol. The molecule has 0 amide bonds. The predicted octanol–water partition coefficient (Wildman–Crippen LogP) is 5.01. The van der Waals surface area contributed by atoms with Crippen molar-refractivity contribution in [3.8, 4) is 34.0 Å². The van der Waals surface area contributed by atoms with Crippen LogP contribution in [0.15, 0.2) is 85.2 Å². The van der Waals surface area contributed by atoms with E-state index >= 15 is 0 Å². The van der Waals surface area contributed by atoms with E-state index in [2.05, 4.69) is 49.9 Å². The maximum absolute atomic E-state index is 12.0. The number of carbonyl (C=O) groups is 1. The highest BCUT2D eigenvalue weighted by Crippen LogP contribution is 2.40. The van der Waals surface area contributed by atoms with Crippen LogP contribution < -0.4 is 4.74 Å². The van der Waals surface area contributed by atoms with Gasteiger partial charge in [-0.3, -0.25) is 9.78 Å². The number of nitrogens with zero attached hydrogens (tertiary/aromatic N) is 4. The Morgan fingerprint density at radius 3 is 2.42 bits per heavy atom. The summed E-state index contributed by atoms with van der Waals surface area (Å²) in [6.07, 6.45) is 4.03. The van der Waals surface area contributed by atoms with Gasteiger partial charge in [0.15, 0.2) is 5.78 Å². The number of aromatic amines is 1. The number of tetrazole rings is 1. The van der Waals surface area contributed by atoms with E-state index in [9.17, 15) is 9.90 Å². The van der Waals surface area contributed by atoms with Gasteiger partial charge in [0.05, 0.1) is 11.1 Å². The molecule has 2 heterocycles. The lowest BCUT2D eigenvalue weighted by Gasteiger charge is -2.15. The minimum atomic E-state index is -0.215. The normalized spacial score (nSPS) is 10.8. The molecule has 0 aliphatic rings. The van der Waals surface area contributed by atoms with Crippen molar-refractivity contribution in [2.24, 2.45) is 0 Å². The van der Waals surface area contributed by atoms with E-state index in [1.807, 2.05) is 24.3 Å². The lowest BCUT2D eigenvalue weighted by molar-refractivity contribution is 0.101. The minimum absolute atomic E-state index is 0.0930. The van der Waals surface area contributed by atoms with Crippen molar-refractivity contribution in [2.45, 2.75) is 20.0 Å². The van der Waals surface area contributed by atoms with Crippen LogP contribution in [-0.2, 0) is 13.0 Å². The monoisotopic (exact) mass is 477 g/mol. The Bertz CT molecular complexity index is 1480. The number of phenols is 1. The molecular weight excluding hydrogens is 454 g/mol. The molecule has 178 valence electrons. The van der Waals surface area contributed by atoms with Crippen molar-refractivity contribution in [2.75, 3.05) is 0 Å². The number of Topliss-reactive ketones (excluding diaryl/α,β-unsaturated/α-hetero) is 1. The second-order valence-electron chi connectivity index (χ2n) is 8.34. The number of ether oxygens (including phenoxy) is 1. The van der Waals surface area contributed by atoms with Gasteiger partial charge in [0.2, 0.25) is 5.82 Å².